The summed E-state index contributed by atoms with van der Waals surface area (Å²) >= 11 is 0. The van der Waals surface area contributed by atoms with Gasteiger partial charge < -0.3 is 9.84 Å². The van der Waals surface area contributed by atoms with Gasteiger partial charge in [-0.3, -0.25) is 14.4 Å². The van der Waals surface area contributed by atoms with Gasteiger partial charge in [-0.25, -0.2) is 0 Å². The molecule has 30 heavy (non-hydrogen) atoms. The molecule has 6 nitrogen and oxygen atoms in total. The molecule has 3 aromatic rings. The molecule has 0 atom stereocenters. The molecule has 1 aromatic heterocycles. The van der Waals surface area contributed by atoms with Crippen LogP contribution >= 0.6 is 0 Å². The predicted molar refractivity (Wildman–Crippen MR) is 117 cm³/mol. The summed E-state index contributed by atoms with van der Waals surface area (Å²) in [5.41, 5.74) is 3.09. The largest absolute Gasteiger partial charge is 0.497 e. The molecular weight excluding hydrogens is 378 g/mol. The molecule has 0 unspecified atom stereocenters. The summed E-state index contributed by atoms with van der Waals surface area (Å²) in [6.45, 7) is 3.86. The summed E-state index contributed by atoms with van der Waals surface area (Å²) in [5.74, 6) is 0.552. The van der Waals surface area contributed by atoms with Crippen molar-refractivity contribution in [2.75, 3.05) is 7.11 Å². The van der Waals surface area contributed by atoms with E-state index in [1.54, 1.807) is 14.0 Å². The number of aryl methyl sites for hydroxylation is 2. The Morgan fingerprint density at radius 3 is 2.40 bits per heavy atom. The number of hydrogen-bond acceptors (Lipinski definition) is 5. The number of methoxy groups -OCH3 is 1. The summed E-state index contributed by atoms with van der Waals surface area (Å²) in [5, 5.41) is 20.3. The number of benzene rings is 2. The van der Waals surface area contributed by atoms with Gasteiger partial charge in [0.2, 0.25) is 5.88 Å². The molecule has 1 N–H and O–H groups in total. The third kappa shape index (κ3) is 4.41. The van der Waals surface area contributed by atoms with E-state index in [2.05, 4.69) is 4.99 Å². The first-order chi connectivity index (χ1) is 14.4. The first kappa shape index (κ1) is 20.9. The summed E-state index contributed by atoms with van der Waals surface area (Å²) < 4.78 is 6.38. The highest BCUT2D eigenvalue weighted by Crippen LogP contribution is 2.22. The molecule has 0 aliphatic heterocycles. The van der Waals surface area contributed by atoms with Gasteiger partial charge in [-0.15, -0.1) is 0 Å². The van der Waals surface area contributed by atoms with Gasteiger partial charge >= 0.3 is 0 Å². The highest BCUT2D eigenvalue weighted by molar-refractivity contribution is 5.87. The average molecular weight is 401 g/mol. The first-order valence-corrected chi connectivity index (χ1v) is 9.54. The molecule has 152 valence electrons. The van der Waals surface area contributed by atoms with Gasteiger partial charge in [0.05, 0.1) is 18.4 Å². The minimum absolute atomic E-state index is 0.00730. The fourth-order valence-electron chi connectivity index (χ4n) is 3.14. The average Bonchev–Trinajstić information content (AvgIpc) is 2.75. The van der Waals surface area contributed by atoms with Crippen molar-refractivity contribution in [3.05, 3.63) is 86.7 Å². The lowest BCUT2D eigenvalue weighted by molar-refractivity contribution is 0.404. The Morgan fingerprint density at radius 2 is 1.80 bits per heavy atom. The molecule has 2 aromatic carbocycles. The standard InChI is InChI=1S/C24H23N3O3/c1-16-4-8-19(9-5-16)26-15-22-17(2)21(14-25)23(28)27(24(22)29)13-12-18-6-10-20(30-3)11-7-18/h4-11,15,29H,12-13H2,1-3H3. The van der Waals surface area contributed by atoms with Crippen LogP contribution in [0.15, 0.2) is 58.3 Å². The van der Waals surface area contributed by atoms with E-state index in [-0.39, 0.29) is 18.0 Å². The van der Waals surface area contributed by atoms with Crippen LogP contribution in [0.2, 0.25) is 0 Å². The van der Waals surface area contributed by atoms with E-state index in [0.717, 1.165) is 16.9 Å². The zero-order valence-electron chi connectivity index (χ0n) is 17.2. The van der Waals surface area contributed by atoms with Gasteiger partial charge in [-0.1, -0.05) is 29.8 Å². The monoisotopic (exact) mass is 401 g/mol. The lowest BCUT2D eigenvalue weighted by atomic mass is 10.1. The maximum absolute atomic E-state index is 12.7. The molecule has 0 saturated carbocycles. The minimum Gasteiger partial charge on any atom is -0.497 e. The van der Waals surface area contributed by atoms with Crippen LogP contribution in [-0.4, -0.2) is 23.0 Å². The second-order valence-corrected chi connectivity index (χ2v) is 7.00. The predicted octanol–water partition coefficient (Wildman–Crippen LogP) is 4.04. The Kier molecular flexibility index (Phi) is 6.33. The Morgan fingerprint density at radius 1 is 1.13 bits per heavy atom. The lowest BCUT2D eigenvalue weighted by Gasteiger charge is -2.14. The number of ether oxygens (including phenoxy) is 1. The molecule has 0 spiro atoms. The quantitative estimate of drug-likeness (QED) is 0.632. The van der Waals surface area contributed by atoms with Gasteiger partial charge in [0.25, 0.3) is 5.56 Å². The van der Waals surface area contributed by atoms with Crippen molar-refractivity contribution >= 4 is 11.9 Å². The normalized spacial score (nSPS) is 10.9. The second-order valence-electron chi connectivity index (χ2n) is 7.00. The number of rotatable bonds is 6. The summed E-state index contributed by atoms with van der Waals surface area (Å²) in [6.07, 6.45) is 2.01. The number of nitrogens with zero attached hydrogens (tertiary/aromatic N) is 3. The molecule has 1 heterocycles. The molecule has 0 fully saturated rings. The van der Waals surface area contributed by atoms with Crippen LogP contribution in [0.1, 0.15) is 27.8 Å². The van der Waals surface area contributed by atoms with E-state index in [1.807, 2.05) is 61.5 Å². The van der Waals surface area contributed by atoms with Gasteiger partial charge in [-0.05, 0) is 55.7 Å². The molecule has 0 amide bonds. The summed E-state index contributed by atoms with van der Waals surface area (Å²) in [7, 11) is 1.60. The van der Waals surface area contributed by atoms with Crippen LogP contribution in [0.5, 0.6) is 11.6 Å². The Balaban J connectivity index is 1.96. The Labute approximate surface area is 175 Å². The van der Waals surface area contributed by atoms with Crippen LogP contribution in [0, 0.1) is 25.2 Å². The molecule has 0 bridgehead atoms. The number of nitriles is 1. The van der Waals surface area contributed by atoms with Gasteiger partial charge in [0, 0.05) is 12.8 Å². The maximum atomic E-state index is 12.7. The van der Waals surface area contributed by atoms with Crippen LogP contribution < -0.4 is 10.3 Å². The van der Waals surface area contributed by atoms with Gasteiger partial charge in [0.15, 0.2) is 0 Å². The highest BCUT2D eigenvalue weighted by Gasteiger charge is 2.18. The molecule has 3 rings (SSSR count). The Bertz CT molecular complexity index is 1170. The van der Waals surface area contributed by atoms with Crippen molar-refractivity contribution in [1.29, 1.82) is 5.26 Å². The third-order valence-electron chi connectivity index (χ3n) is 5.01. The fourth-order valence-corrected chi connectivity index (χ4v) is 3.14. The zero-order chi connectivity index (χ0) is 21.7. The highest BCUT2D eigenvalue weighted by atomic mass is 16.5. The number of pyridine rings is 1. The van der Waals surface area contributed by atoms with E-state index < -0.39 is 5.56 Å². The third-order valence-corrected chi connectivity index (χ3v) is 5.01. The zero-order valence-corrected chi connectivity index (χ0v) is 17.2. The van der Waals surface area contributed by atoms with Crippen molar-refractivity contribution in [2.45, 2.75) is 26.8 Å². The van der Waals surface area contributed by atoms with Crippen molar-refractivity contribution in [3.8, 4) is 17.7 Å². The van der Waals surface area contributed by atoms with Crippen molar-refractivity contribution in [1.82, 2.24) is 4.57 Å². The second kappa shape index (κ2) is 9.10. The maximum Gasteiger partial charge on any atom is 0.271 e. The Hall–Kier alpha value is -3.85. The van der Waals surface area contributed by atoms with Gasteiger partial charge in [0.1, 0.15) is 17.4 Å². The van der Waals surface area contributed by atoms with E-state index in [4.69, 9.17) is 4.74 Å². The molecule has 0 radical (unpaired) electrons. The number of aliphatic imine (C=N–C) groups is 1. The van der Waals surface area contributed by atoms with Crippen LogP contribution in [0.4, 0.5) is 5.69 Å². The number of aromatic nitrogens is 1. The van der Waals surface area contributed by atoms with E-state index in [9.17, 15) is 15.2 Å². The first-order valence-electron chi connectivity index (χ1n) is 9.54. The van der Waals surface area contributed by atoms with Crippen molar-refractivity contribution in [2.24, 2.45) is 4.99 Å². The lowest BCUT2D eigenvalue weighted by Crippen LogP contribution is -2.26. The van der Waals surface area contributed by atoms with Crippen LogP contribution in [-0.2, 0) is 13.0 Å². The molecule has 0 aliphatic carbocycles. The smallest absolute Gasteiger partial charge is 0.271 e. The molecule has 0 aliphatic rings. The van der Waals surface area contributed by atoms with Crippen molar-refractivity contribution in [3.63, 3.8) is 0 Å². The van der Waals surface area contributed by atoms with Crippen LogP contribution in [0.3, 0.4) is 0 Å². The molecule has 6 heteroatoms. The molecule has 0 saturated heterocycles. The number of aromatic hydroxyl groups is 1. The topological polar surface area (TPSA) is 87.6 Å². The van der Waals surface area contributed by atoms with E-state index in [1.165, 1.54) is 10.8 Å². The number of hydrogen-bond donors (Lipinski definition) is 1. The van der Waals surface area contributed by atoms with E-state index in [0.29, 0.717) is 23.2 Å². The fraction of sp³-hybridized carbons (Fsp3) is 0.208. The molecular formula is C24H23N3O3. The summed E-state index contributed by atoms with van der Waals surface area (Å²) in [4.78, 5) is 17.1. The van der Waals surface area contributed by atoms with Crippen molar-refractivity contribution < 1.29 is 9.84 Å². The van der Waals surface area contributed by atoms with Crippen LogP contribution in [0.25, 0.3) is 0 Å². The van der Waals surface area contributed by atoms with Gasteiger partial charge in [-0.2, -0.15) is 5.26 Å². The minimum atomic E-state index is -0.506. The SMILES string of the molecule is COc1ccc(CCn2c(O)c(C=Nc3ccc(C)cc3)c(C)c(C#N)c2=O)cc1. The summed E-state index contributed by atoms with van der Waals surface area (Å²) in [6, 6.07) is 17.1. The van der Waals surface area contributed by atoms with E-state index >= 15 is 0 Å².